The largest absolute Gasteiger partial charge is 0.464 e. The van der Waals surface area contributed by atoms with Gasteiger partial charge in [-0.3, -0.25) is 4.79 Å². The first-order chi connectivity index (χ1) is 11.6. The normalized spacial score (nSPS) is 10.8. The van der Waals surface area contributed by atoms with Crippen molar-refractivity contribution in [2.45, 2.75) is 13.1 Å². The van der Waals surface area contributed by atoms with Gasteiger partial charge >= 0.3 is 5.97 Å². The Labute approximate surface area is 147 Å². The van der Waals surface area contributed by atoms with Gasteiger partial charge in [-0.25, -0.2) is 4.79 Å². The van der Waals surface area contributed by atoms with Gasteiger partial charge < -0.3 is 14.6 Å². The number of hydrogen-bond donors (Lipinski definition) is 1. The van der Waals surface area contributed by atoms with Gasteiger partial charge in [0.2, 0.25) is 5.91 Å². The van der Waals surface area contributed by atoms with Gasteiger partial charge in [-0.15, -0.1) is 11.3 Å². The molecule has 0 atom stereocenters. The lowest BCUT2D eigenvalue weighted by Crippen LogP contribution is -2.28. The van der Waals surface area contributed by atoms with Gasteiger partial charge in [-0.05, 0) is 35.2 Å². The molecule has 0 unspecified atom stereocenters. The lowest BCUT2D eigenvalue weighted by atomic mass is 10.2. The van der Waals surface area contributed by atoms with Crippen molar-refractivity contribution in [1.29, 1.82) is 0 Å². The SMILES string of the molecule is COC(=O)c1cc2ccsc2n1CC(=O)NCc1cccc(Cl)c1. The van der Waals surface area contributed by atoms with Crippen molar-refractivity contribution in [1.82, 2.24) is 9.88 Å². The molecule has 0 fully saturated rings. The van der Waals surface area contributed by atoms with E-state index in [1.165, 1.54) is 18.4 Å². The predicted molar refractivity (Wildman–Crippen MR) is 94.5 cm³/mol. The molecular formula is C17H15ClN2O3S. The average molecular weight is 363 g/mol. The quantitative estimate of drug-likeness (QED) is 0.707. The molecule has 0 spiro atoms. The lowest BCUT2D eigenvalue weighted by molar-refractivity contribution is -0.121. The Hall–Kier alpha value is -2.31. The van der Waals surface area contributed by atoms with Crippen LogP contribution in [0.15, 0.2) is 41.8 Å². The highest BCUT2D eigenvalue weighted by Crippen LogP contribution is 2.25. The Morgan fingerprint density at radius 1 is 1.29 bits per heavy atom. The number of rotatable bonds is 5. The highest BCUT2D eigenvalue weighted by molar-refractivity contribution is 7.16. The fraction of sp³-hybridized carbons (Fsp3) is 0.176. The summed E-state index contributed by atoms with van der Waals surface area (Å²) in [6.45, 7) is 0.427. The van der Waals surface area contributed by atoms with E-state index >= 15 is 0 Å². The standard InChI is InChI=1S/C17H15ClN2O3S/c1-23-17(22)14-8-12-5-6-24-16(12)20(14)10-15(21)19-9-11-3-2-4-13(18)7-11/h2-8H,9-10H2,1H3,(H,19,21). The average Bonchev–Trinajstić information content (AvgIpc) is 3.15. The number of methoxy groups -OCH3 is 1. The van der Waals surface area contributed by atoms with Crippen LogP contribution in [0.5, 0.6) is 0 Å². The van der Waals surface area contributed by atoms with Crippen LogP contribution in [-0.4, -0.2) is 23.6 Å². The molecule has 124 valence electrons. The van der Waals surface area contributed by atoms with Crippen molar-refractivity contribution >= 4 is 45.0 Å². The summed E-state index contributed by atoms with van der Waals surface area (Å²) in [4.78, 5) is 25.1. The van der Waals surface area contributed by atoms with Crippen LogP contribution in [0.3, 0.4) is 0 Å². The van der Waals surface area contributed by atoms with Crippen molar-refractivity contribution in [2.24, 2.45) is 0 Å². The number of halogens is 1. The first kappa shape index (κ1) is 16.5. The summed E-state index contributed by atoms with van der Waals surface area (Å²) in [5.74, 6) is -0.646. The molecule has 1 aromatic carbocycles. The van der Waals surface area contributed by atoms with Gasteiger partial charge in [0, 0.05) is 17.0 Å². The Morgan fingerprint density at radius 2 is 2.12 bits per heavy atom. The fourth-order valence-corrected chi connectivity index (χ4v) is 3.56. The third-order valence-corrected chi connectivity index (χ3v) is 4.76. The number of carbonyl (C=O) groups excluding carboxylic acids is 2. The molecule has 2 aromatic heterocycles. The second kappa shape index (κ2) is 7.07. The molecule has 0 aliphatic carbocycles. The molecule has 1 amide bonds. The number of thiophene rings is 1. The molecule has 0 radical (unpaired) electrons. The zero-order chi connectivity index (χ0) is 17.1. The van der Waals surface area contributed by atoms with E-state index in [0.29, 0.717) is 17.3 Å². The number of fused-ring (bicyclic) bond motifs is 1. The third-order valence-electron chi connectivity index (χ3n) is 3.58. The van der Waals surface area contributed by atoms with Gasteiger partial charge in [0.25, 0.3) is 0 Å². The molecule has 0 bridgehead atoms. The zero-order valence-electron chi connectivity index (χ0n) is 12.9. The highest BCUT2D eigenvalue weighted by Gasteiger charge is 2.18. The Bertz CT molecular complexity index is 900. The number of benzene rings is 1. The summed E-state index contributed by atoms with van der Waals surface area (Å²) >= 11 is 7.41. The van der Waals surface area contributed by atoms with E-state index in [4.69, 9.17) is 16.3 Å². The molecule has 0 saturated heterocycles. The summed E-state index contributed by atoms with van der Waals surface area (Å²) in [5.41, 5.74) is 1.29. The maximum absolute atomic E-state index is 12.3. The van der Waals surface area contributed by atoms with Gasteiger partial charge in [-0.2, -0.15) is 0 Å². The molecule has 0 saturated carbocycles. The van der Waals surface area contributed by atoms with Crippen LogP contribution in [0.4, 0.5) is 0 Å². The van der Waals surface area contributed by atoms with Crippen LogP contribution >= 0.6 is 22.9 Å². The van der Waals surface area contributed by atoms with E-state index in [1.54, 1.807) is 22.8 Å². The number of hydrogen-bond acceptors (Lipinski definition) is 4. The lowest BCUT2D eigenvalue weighted by Gasteiger charge is -2.10. The summed E-state index contributed by atoms with van der Waals surface area (Å²) in [7, 11) is 1.33. The topological polar surface area (TPSA) is 60.3 Å². The summed E-state index contributed by atoms with van der Waals surface area (Å²) in [5, 5.41) is 6.31. The van der Waals surface area contributed by atoms with Gasteiger partial charge in [0.1, 0.15) is 17.1 Å². The second-order valence-electron chi connectivity index (χ2n) is 5.20. The Balaban J connectivity index is 1.75. The molecule has 7 heteroatoms. The Morgan fingerprint density at radius 3 is 2.88 bits per heavy atom. The first-order valence-electron chi connectivity index (χ1n) is 7.24. The van der Waals surface area contributed by atoms with Crippen LogP contribution in [0.25, 0.3) is 10.2 Å². The minimum absolute atomic E-state index is 0.0506. The second-order valence-corrected chi connectivity index (χ2v) is 6.53. The number of aromatic nitrogens is 1. The van der Waals surface area contributed by atoms with E-state index in [9.17, 15) is 9.59 Å². The number of nitrogens with one attached hydrogen (secondary N) is 1. The first-order valence-corrected chi connectivity index (χ1v) is 8.50. The molecule has 1 N–H and O–H groups in total. The number of esters is 1. The molecule has 3 rings (SSSR count). The van der Waals surface area contributed by atoms with E-state index in [2.05, 4.69) is 5.32 Å². The Kier molecular flexibility index (Phi) is 4.87. The molecular weight excluding hydrogens is 348 g/mol. The number of ether oxygens (including phenoxy) is 1. The maximum atomic E-state index is 12.3. The zero-order valence-corrected chi connectivity index (χ0v) is 14.5. The van der Waals surface area contributed by atoms with Crippen LogP contribution < -0.4 is 5.32 Å². The van der Waals surface area contributed by atoms with Crippen molar-refractivity contribution < 1.29 is 14.3 Å². The summed E-state index contributed by atoms with van der Waals surface area (Å²) in [6, 6.07) is 11.0. The van der Waals surface area contributed by atoms with Crippen molar-refractivity contribution in [3.8, 4) is 0 Å². The van der Waals surface area contributed by atoms with Crippen molar-refractivity contribution in [3.05, 3.63) is 58.1 Å². The summed E-state index contributed by atoms with van der Waals surface area (Å²) < 4.78 is 6.48. The molecule has 2 heterocycles. The van der Waals surface area contributed by atoms with Crippen LogP contribution in [0, 0.1) is 0 Å². The maximum Gasteiger partial charge on any atom is 0.354 e. The fourth-order valence-electron chi connectivity index (χ4n) is 2.45. The summed E-state index contributed by atoms with van der Waals surface area (Å²) in [6.07, 6.45) is 0. The van der Waals surface area contributed by atoms with Crippen LogP contribution in [0.2, 0.25) is 5.02 Å². The predicted octanol–water partition coefficient (Wildman–Crippen LogP) is 3.46. The molecule has 3 aromatic rings. The van der Waals surface area contributed by atoms with E-state index < -0.39 is 5.97 Å². The highest BCUT2D eigenvalue weighted by atomic mass is 35.5. The third kappa shape index (κ3) is 3.44. The van der Waals surface area contributed by atoms with E-state index in [-0.39, 0.29) is 12.5 Å². The minimum atomic E-state index is -0.457. The van der Waals surface area contributed by atoms with Crippen LogP contribution in [0.1, 0.15) is 16.1 Å². The van der Waals surface area contributed by atoms with Gasteiger partial charge in [0.05, 0.1) is 7.11 Å². The molecule has 5 nitrogen and oxygen atoms in total. The monoisotopic (exact) mass is 362 g/mol. The van der Waals surface area contributed by atoms with Crippen molar-refractivity contribution in [3.63, 3.8) is 0 Å². The van der Waals surface area contributed by atoms with E-state index in [1.807, 2.05) is 23.6 Å². The van der Waals surface area contributed by atoms with Gasteiger partial charge in [-0.1, -0.05) is 23.7 Å². The minimum Gasteiger partial charge on any atom is -0.464 e. The molecule has 0 aliphatic rings. The smallest absolute Gasteiger partial charge is 0.354 e. The number of carbonyl (C=O) groups is 2. The molecule has 0 aliphatic heterocycles. The van der Waals surface area contributed by atoms with Crippen molar-refractivity contribution in [2.75, 3.05) is 7.11 Å². The number of amides is 1. The van der Waals surface area contributed by atoms with Gasteiger partial charge in [0.15, 0.2) is 0 Å². The van der Waals surface area contributed by atoms with E-state index in [0.717, 1.165) is 15.8 Å². The van der Waals surface area contributed by atoms with Crippen LogP contribution in [-0.2, 0) is 22.6 Å². The number of nitrogens with zero attached hydrogens (tertiary/aromatic N) is 1. The molecule has 24 heavy (non-hydrogen) atoms.